The number of hydrogen-bond acceptors (Lipinski definition) is 3. The molecule has 1 saturated heterocycles. The van der Waals surface area contributed by atoms with Gasteiger partial charge in [0.15, 0.2) is 5.96 Å². The maximum absolute atomic E-state index is 4.55. The molecule has 4 rings (SSSR count). The van der Waals surface area contributed by atoms with Gasteiger partial charge in [-0.2, -0.15) is 0 Å². The number of imidazole rings is 1. The van der Waals surface area contributed by atoms with Crippen LogP contribution in [0.4, 0.5) is 0 Å². The van der Waals surface area contributed by atoms with E-state index in [1.165, 1.54) is 11.1 Å². The molecule has 0 atom stereocenters. The van der Waals surface area contributed by atoms with E-state index in [2.05, 4.69) is 90.3 Å². The predicted molar refractivity (Wildman–Crippen MR) is 131 cm³/mol. The van der Waals surface area contributed by atoms with Crippen molar-refractivity contribution in [3.8, 4) is 0 Å². The first-order valence-electron chi connectivity index (χ1n) is 11.3. The highest BCUT2D eigenvalue weighted by molar-refractivity contribution is 5.79. The SMILES string of the molecule is CN=C(NCc1nccn1Cc1ccccc1)N1CCN(C/C=C/c2ccccc2)CC1. The number of piperazine rings is 1. The lowest BCUT2D eigenvalue weighted by atomic mass is 10.2. The fourth-order valence-electron chi connectivity index (χ4n) is 3.97. The molecule has 1 aliphatic rings. The monoisotopic (exact) mass is 428 g/mol. The van der Waals surface area contributed by atoms with Crippen molar-refractivity contribution in [2.75, 3.05) is 39.8 Å². The zero-order chi connectivity index (χ0) is 22.0. The molecule has 2 aromatic carbocycles. The molecular weight excluding hydrogens is 396 g/mol. The highest BCUT2D eigenvalue weighted by Gasteiger charge is 2.19. The Morgan fingerprint density at radius 2 is 1.72 bits per heavy atom. The number of nitrogens with one attached hydrogen (secondary N) is 1. The number of nitrogens with zero attached hydrogens (tertiary/aromatic N) is 5. The van der Waals surface area contributed by atoms with E-state index in [9.17, 15) is 0 Å². The van der Waals surface area contributed by atoms with Gasteiger partial charge in [0.1, 0.15) is 5.82 Å². The first kappa shape index (κ1) is 21.8. The summed E-state index contributed by atoms with van der Waals surface area (Å²) in [5, 5.41) is 3.51. The average Bonchev–Trinajstić information content (AvgIpc) is 3.28. The van der Waals surface area contributed by atoms with Crippen molar-refractivity contribution < 1.29 is 0 Å². The summed E-state index contributed by atoms with van der Waals surface area (Å²) >= 11 is 0. The number of rotatable bonds is 7. The summed E-state index contributed by atoms with van der Waals surface area (Å²) in [6.07, 6.45) is 8.36. The maximum Gasteiger partial charge on any atom is 0.194 e. The van der Waals surface area contributed by atoms with Crippen LogP contribution in [0.25, 0.3) is 6.08 Å². The first-order valence-corrected chi connectivity index (χ1v) is 11.3. The van der Waals surface area contributed by atoms with Crippen molar-refractivity contribution in [3.05, 3.63) is 96.1 Å². The zero-order valence-corrected chi connectivity index (χ0v) is 18.8. The maximum atomic E-state index is 4.55. The van der Waals surface area contributed by atoms with Crippen molar-refractivity contribution in [3.63, 3.8) is 0 Å². The van der Waals surface area contributed by atoms with Gasteiger partial charge in [-0.05, 0) is 11.1 Å². The Balaban J connectivity index is 1.24. The van der Waals surface area contributed by atoms with Crippen LogP contribution in [0.15, 0.2) is 84.1 Å². The highest BCUT2D eigenvalue weighted by Crippen LogP contribution is 2.07. The zero-order valence-electron chi connectivity index (χ0n) is 18.8. The van der Waals surface area contributed by atoms with Crippen LogP contribution in [0.5, 0.6) is 0 Å². The van der Waals surface area contributed by atoms with Crippen molar-refractivity contribution in [2.24, 2.45) is 4.99 Å². The second kappa shape index (κ2) is 11.3. The van der Waals surface area contributed by atoms with Gasteiger partial charge in [-0.15, -0.1) is 0 Å². The molecule has 0 radical (unpaired) electrons. The van der Waals surface area contributed by atoms with Crippen molar-refractivity contribution in [1.82, 2.24) is 24.7 Å². The molecule has 6 nitrogen and oxygen atoms in total. The minimum atomic E-state index is 0.659. The third-order valence-corrected chi connectivity index (χ3v) is 5.76. The van der Waals surface area contributed by atoms with Gasteiger partial charge in [0.05, 0.1) is 6.54 Å². The Labute approximate surface area is 190 Å². The fourth-order valence-corrected chi connectivity index (χ4v) is 3.97. The normalized spacial score (nSPS) is 15.4. The lowest BCUT2D eigenvalue weighted by Gasteiger charge is -2.36. The summed E-state index contributed by atoms with van der Waals surface area (Å²) in [5.74, 6) is 1.96. The minimum absolute atomic E-state index is 0.659. The summed E-state index contributed by atoms with van der Waals surface area (Å²) < 4.78 is 2.19. The summed E-state index contributed by atoms with van der Waals surface area (Å²) in [6.45, 7) is 6.46. The summed E-state index contributed by atoms with van der Waals surface area (Å²) in [4.78, 5) is 13.9. The second-order valence-corrected chi connectivity index (χ2v) is 7.96. The van der Waals surface area contributed by atoms with Gasteiger partial charge >= 0.3 is 0 Å². The van der Waals surface area contributed by atoms with Crippen LogP contribution in [-0.2, 0) is 13.1 Å². The van der Waals surface area contributed by atoms with E-state index in [0.29, 0.717) is 6.54 Å². The van der Waals surface area contributed by atoms with Crippen LogP contribution in [-0.4, -0.2) is 65.1 Å². The van der Waals surface area contributed by atoms with Gasteiger partial charge in [0.25, 0.3) is 0 Å². The Bertz CT molecular complexity index is 1000. The quantitative estimate of drug-likeness (QED) is 0.463. The van der Waals surface area contributed by atoms with E-state index < -0.39 is 0 Å². The van der Waals surface area contributed by atoms with E-state index in [4.69, 9.17) is 0 Å². The minimum Gasteiger partial charge on any atom is -0.349 e. The largest absolute Gasteiger partial charge is 0.349 e. The summed E-state index contributed by atoms with van der Waals surface area (Å²) in [6, 6.07) is 20.9. The van der Waals surface area contributed by atoms with E-state index in [1.54, 1.807) is 0 Å². The Morgan fingerprint density at radius 1 is 1.00 bits per heavy atom. The molecule has 3 aromatic rings. The van der Waals surface area contributed by atoms with Crippen LogP contribution < -0.4 is 5.32 Å². The van der Waals surface area contributed by atoms with Gasteiger partial charge in [-0.3, -0.25) is 9.89 Å². The second-order valence-electron chi connectivity index (χ2n) is 7.96. The first-order chi connectivity index (χ1) is 15.8. The van der Waals surface area contributed by atoms with Crippen LogP contribution in [0.1, 0.15) is 17.0 Å². The van der Waals surface area contributed by atoms with E-state index in [1.807, 2.05) is 31.6 Å². The lowest BCUT2D eigenvalue weighted by molar-refractivity contribution is 0.194. The topological polar surface area (TPSA) is 48.7 Å². The molecule has 166 valence electrons. The molecule has 1 aliphatic heterocycles. The number of aromatic nitrogens is 2. The molecule has 6 heteroatoms. The third kappa shape index (κ3) is 6.08. The molecule has 1 aromatic heterocycles. The molecule has 0 aliphatic carbocycles. The Morgan fingerprint density at radius 3 is 2.44 bits per heavy atom. The van der Waals surface area contributed by atoms with Crippen molar-refractivity contribution in [1.29, 1.82) is 0 Å². The van der Waals surface area contributed by atoms with E-state index in [0.717, 1.165) is 51.1 Å². The molecule has 0 unspecified atom stereocenters. The van der Waals surface area contributed by atoms with Crippen LogP contribution in [0.3, 0.4) is 0 Å². The summed E-state index contributed by atoms with van der Waals surface area (Å²) in [5.41, 5.74) is 2.52. The molecule has 0 bridgehead atoms. The molecule has 1 N–H and O–H groups in total. The number of aliphatic imine (C=N–C) groups is 1. The molecular formula is C26H32N6. The molecule has 32 heavy (non-hydrogen) atoms. The number of guanidine groups is 1. The van der Waals surface area contributed by atoms with Crippen molar-refractivity contribution >= 4 is 12.0 Å². The number of hydrogen-bond donors (Lipinski definition) is 1. The van der Waals surface area contributed by atoms with Gasteiger partial charge in [0, 0.05) is 58.7 Å². The van der Waals surface area contributed by atoms with Gasteiger partial charge in [-0.25, -0.2) is 4.98 Å². The Kier molecular flexibility index (Phi) is 7.71. The molecule has 1 fully saturated rings. The molecule has 2 heterocycles. The van der Waals surface area contributed by atoms with Crippen molar-refractivity contribution in [2.45, 2.75) is 13.1 Å². The third-order valence-electron chi connectivity index (χ3n) is 5.76. The van der Waals surface area contributed by atoms with Gasteiger partial charge < -0.3 is 14.8 Å². The lowest BCUT2D eigenvalue weighted by Crippen LogP contribution is -2.52. The van der Waals surface area contributed by atoms with E-state index in [-0.39, 0.29) is 0 Å². The van der Waals surface area contributed by atoms with Gasteiger partial charge in [-0.1, -0.05) is 72.8 Å². The molecule has 0 spiro atoms. The smallest absolute Gasteiger partial charge is 0.194 e. The highest BCUT2D eigenvalue weighted by atomic mass is 15.3. The van der Waals surface area contributed by atoms with Crippen LogP contribution in [0.2, 0.25) is 0 Å². The molecule has 0 saturated carbocycles. The fraction of sp³-hybridized carbons (Fsp3) is 0.308. The standard InChI is InChI=1S/C26H32N6/c1-27-26(29-21-25-28-14-16-32(25)22-24-11-6-3-7-12-24)31-19-17-30(18-20-31)15-8-13-23-9-4-2-5-10-23/h2-14,16H,15,17-22H2,1H3,(H,27,29)/b13-8+. The van der Waals surface area contributed by atoms with Crippen LogP contribution >= 0.6 is 0 Å². The summed E-state index contributed by atoms with van der Waals surface area (Å²) in [7, 11) is 1.85. The number of benzene rings is 2. The molecule has 0 amide bonds. The average molecular weight is 429 g/mol. The van der Waals surface area contributed by atoms with Gasteiger partial charge in [0.2, 0.25) is 0 Å². The Hall–Kier alpha value is -3.38. The predicted octanol–water partition coefficient (Wildman–Crippen LogP) is 3.34. The van der Waals surface area contributed by atoms with Crippen LogP contribution in [0, 0.1) is 0 Å². The van der Waals surface area contributed by atoms with E-state index >= 15 is 0 Å².